The summed E-state index contributed by atoms with van der Waals surface area (Å²) in [4.78, 5) is 31.8. The molecule has 4 N–H and O–H groups in total. The van der Waals surface area contributed by atoms with Crippen LogP contribution in [0.1, 0.15) is 45.3 Å². The van der Waals surface area contributed by atoms with Gasteiger partial charge in [-0.1, -0.05) is 32.1 Å². The van der Waals surface area contributed by atoms with Gasteiger partial charge in [-0.25, -0.2) is 20.2 Å². The van der Waals surface area contributed by atoms with Gasteiger partial charge in [0.25, 0.3) is 0 Å². The highest BCUT2D eigenvalue weighted by Crippen LogP contribution is 2.31. The molecule has 0 aliphatic carbocycles. The lowest BCUT2D eigenvalue weighted by atomic mass is 9.94. The minimum Gasteiger partial charge on any atom is -0.494 e. The number of hydrogen-bond donors (Lipinski definition) is 4. The van der Waals surface area contributed by atoms with Crippen molar-refractivity contribution in [2.75, 3.05) is 17.2 Å². The van der Waals surface area contributed by atoms with Gasteiger partial charge in [-0.05, 0) is 30.7 Å². The molecule has 0 saturated carbocycles. The van der Waals surface area contributed by atoms with E-state index in [-0.39, 0.29) is 11.8 Å². The van der Waals surface area contributed by atoms with Crippen molar-refractivity contribution in [3.63, 3.8) is 0 Å². The molecule has 0 aliphatic rings. The van der Waals surface area contributed by atoms with Gasteiger partial charge in [0.1, 0.15) is 11.5 Å². The minimum absolute atomic E-state index is 0.0849. The van der Waals surface area contributed by atoms with Gasteiger partial charge in [0.2, 0.25) is 11.8 Å². The Morgan fingerprint density at radius 2 is 1.91 bits per heavy atom. The maximum absolute atomic E-state index is 12.3. The lowest BCUT2D eigenvalue weighted by molar-refractivity contribution is -0.129. The van der Waals surface area contributed by atoms with Crippen molar-refractivity contribution in [3.05, 3.63) is 48.3 Å². The molecule has 3 amide bonds. The molecule has 0 fully saturated rings. The van der Waals surface area contributed by atoms with Crippen LogP contribution in [-0.2, 0) is 16.0 Å². The number of urea groups is 1. The van der Waals surface area contributed by atoms with Crippen molar-refractivity contribution in [1.82, 2.24) is 15.4 Å². The quantitative estimate of drug-likeness (QED) is 0.130. The summed E-state index contributed by atoms with van der Waals surface area (Å²) in [6.07, 6.45) is 4.11. The normalized spacial score (nSPS) is 11.2. The van der Waals surface area contributed by atoms with E-state index in [4.69, 9.17) is 14.4 Å². The van der Waals surface area contributed by atoms with Crippen LogP contribution in [0.3, 0.4) is 0 Å². The van der Waals surface area contributed by atoms with E-state index in [1.54, 1.807) is 53.9 Å². The molecule has 0 aliphatic heterocycles. The molecule has 0 saturated heterocycles. The zero-order valence-electron chi connectivity index (χ0n) is 19.1. The second-order valence-electron chi connectivity index (χ2n) is 8.23. The number of thiazole rings is 1. The van der Waals surface area contributed by atoms with Crippen molar-refractivity contribution in [2.24, 2.45) is 0 Å². The van der Waals surface area contributed by atoms with Gasteiger partial charge in [0.15, 0.2) is 5.13 Å². The summed E-state index contributed by atoms with van der Waals surface area (Å²) in [5.41, 5.74) is 2.08. The molecule has 34 heavy (non-hydrogen) atoms. The van der Waals surface area contributed by atoms with E-state index in [0.29, 0.717) is 41.2 Å². The van der Waals surface area contributed by atoms with E-state index in [1.807, 2.05) is 0 Å². The first-order valence-corrected chi connectivity index (χ1v) is 12.3. The molecule has 2 aromatic heterocycles. The summed E-state index contributed by atoms with van der Waals surface area (Å²) in [6, 6.07) is 6.44. The fourth-order valence-corrected chi connectivity index (χ4v) is 4.33. The first-order chi connectivity index (χ1) is 16.2. The zero-order chi connectivity index (χ0) is 24.6. The molecular formula is C22H27N5O5S2. The molecule has 0 radical (unpaired) electrons. The van der Waals surface area contributed by atoms with Crippen LogP contribution in [0.2, 0.25) is 0 Å². The number of nitrogens with one attached hydrogen (secondary N) is 3. The standard InChI is InChI=1S/C22H27N5O5S2/c1-22(2,3)16-11-23-18(32-16)13-33-19-12-24-21(34-19)26-20(29)25-14-6-8-15(9-7-14)31-10-4-5-17(28)27-30/h6-9,11-12,30H,4-5,10,13H2,1-3H3,(H,27,28)(H2,24,25,26,29). The number of benzene rings is 1. The average Bonchev–Trinajstić information content (AvgIpc) is 3.45. The molecule has 3 rings (SSSR count). The maximum Gasteiger partial charge on any atom is 0.325 e. The number of anilines is 2. The van der Waals surface area contributed by atoms with Gasteiger partial charge in [-0.3, -0.25) is 15.3 Å². The smallest absolute Gasteiger partial charge is 0.325 e. The number of nitrogens with zero attached hydrogens (tertiary/aromatic N) is 2. The van der Waals surface area contributed by atoms with Gasteiger partial charge >= 0.3 is 6.03 Å². The average molecular weight is 506 g/mol. The van der Waals surface area contributed by atoms with Gasteiger partial charge < -0.3 is 14.5 Å². The van der Waals surface area contributed by atoms with Crippen LogP contribution >= 0.6 is 23.1 Å². The molecule has 2 heterocycles. The van der Waals surface area contributed by atoms with E-state index in [9.17, 15) is 9.59 Å². The fraction of sp³-hybridized carbons (Fsp3) is 0.364. The van der Waals surface area contributed by atoms with Crippen molar-refractivity contribution in [3.8, 4) is 5.75 Å². The number of hydroxylamine groups is 1. The third kappa shape index (κ3) is 8.04. The van der Waals surface area contributed by atoms with Crippen molar-refractivity contribution in [1.29, 1.82) is 0 Å². The number of ether oxygens (including phenoxy) is 1. The molecule has 1 aromatic carbocycles. The number of thioether (sulfide) groups is 1. The second-order valence-corrected chi connectivity index (χ2v) is 10.5. The highest BCUT2D eigenvalue weighted by molar-refractivity contribution is 8.00. The molecule has 3 aromatic rings. The van der Waals surface area contributed by atoms with E-state index >= 15 is 0 Å². The predicted molar refractivity (Wildman–Crippen MR) is 131 cm³/mol. The third-order valence-corrected chi connectivity index (χ3v) is 6.48. The highest BCUT2D eigenvalue weighted by Gasteiger charge is 2.19. The third-order valence-electron chi connectivity index (χ3n) is 4.39. The Labute approximate surface area is 205 Å². The highest BCUT2D eigenvalue weighted by atomic mass is 32.2. The molecule has 0 unspecified atom stereocenters. The largest absolute Gasteiger partial charge is 0.494 e. The van der Waals surface area contributed by atoms with Gasteiger partial charge in [-0.15, -0.1) is 11.8 Å². The van der Waals surface area contributed by atoms with Crippen LogP contribution in [0.5, 0.6) is 5.75 Å². The minimum atomic E-state index is -0.454. The molecule has 182 valence electrons. The number of rotatable bonds is 10. The Morgan fingerprint density at radius 3 is 2.59 bits per heavy atom. The Bertz CT molecular complexity index is 1090. The van der Waals surface area contributed by atoms with Crippen LogP contribution in [0.4, 0.5) is 15.6 Å². The van der Waals surface area contributed by atoms with E-state index < -0.39 is 11.9 Å². The molecule has 0 spiro atoms. The summed E-state index contributed by atoms with van der Waals surface area (Å²) in [5.74, 6) is 2.23. The summed E-state index contributed by atoms with van der Waals surface area (Å²) in [6.45, 7) is 6.55. The predicted octanol–water partition coefficient (Wildman–Crippen LogP) is 5.03. The zero-order valence-corrected chi connectivity index (χ0v) is 20.7. The fourth-order valence-electron chi connectivity index (χ4n) is 2.61. The van der Waals surface area contributed by atoms with Crippen molar-refractivity contribution in [2.45, 2.75) is 49.0 Å². The number of amides is 3. The van der Waals surface area contributed by atoms with Crippen molar-refractivity contribution < 1.29 is 24.0 Å². The van der Waals surface area contributed by atoms with E-state index in [1.165, 1.54) is 11.3 Å². The Hall–Kier alpha value is -3.09. The molecule has 10 nitrogen and oxygen atoms in total. The first-order valence-electron chi connectivity index (χ1n) is 10.5. The number of oxazole rings is 1. The lowest BCUT2D eigenvalue weighted by Crippen LogP contribution is -2.19. The maximum atomic E-state index is 12.3. The summed E-state index contributed by atoms with van der Waals surface area (Å²) >= 11 is 2.91. The van der Waals surface area contributed by atoms with Crippen LogP contribution in [0.15, 0.2) is 45.3 Å². The molecule has 12 heteroatoms. The Balaban J connectivity index is 1.41. The first kappa shape index (κ1) is 25.5. The summed E-state index contributed by atoms with van der Waals surface area (Å²) < 4.78 is 12.3. The van der Waals surface area contributed by atoms with Crippen molar-refractivity contribution >= 4 is 45.9 Å². The lowest BCUT2D eigenvalue weighted by Gasteiger charge is -2.12. The summed E-state index contributed by atoms with van der Waals surface area (Å²) in [5, 5.41) is 14.4. The molecular weight excluding hydrogens is 478 g/mol. The number of hydrogen-bond acceptors (Lipinski definition) is 9. The molecule has 0 bridgehead atoms. The number of aromatic nitrogens is 2. The van der Waals surface area contributed by atoms with Gasteiger partial charge in [-0.2, -0.15) is 0 Å². The Morgan fingerprint density at radius 1 is 1.15 bits per heavy atom. The number of carbonyl (C=O) groups excluding carboxylic acids is 2. The summed E-state index contributed by atoms with van der Waals surface area (Å²) in [7, 11) is 0. The molecule has 0 atom stereocenters. The van der Waals surface area contributed by atoms with Gasteiger partial charge in [0.05, 0.1) is 29.0 Å². The van der Waals surface area contributed by atoms with E-state index in [0.717, 1.165) is 9.97 Å². The van der Waals surface area contributed by atoms with Crippen LogP contribution in [0.25, 0.3) is 0 Å². The topological polar surface area (TPSA) is 139 Å². The SMILES string of the molecule is CC(C)(C)c1cnc(CSc2cnc(NC(=O)Nc3ccc(OCCCC(=O)NO)cc3)s2)o1. The van der Waals surface area contributed by atoms with E-state index in [2.05, 4.69) is 41.4 Å². The number of carbonyl (C=O) groups is 2. The van der Waals surface area contributed by atoms with Crippen LogP contribution < -0.4 is 20.9 Å². The monoisotopic (exact) mass is 505 g/mol. The Kier molecular flexibility index (Phi) is 8.91. The van der Waals surface area contributed by atoms with Gasteiger partial charge in [0, 0.05) is 17.5 Å². The van der Waals surface area contributed by atoms with Crippen LogP contribution in [0, 0.1) is 0 Å². The van der Waals surface area contributed by atoms with Crippen LogP contribution in [-0.4, -0.2) is 33.7 Å². The second kappa shape index (κ2) is 11.9.